The van der Waals surface area contributed by atoms with Gasteiger partial charge in [0.15, 0.2) is 0 Å². The average Bonchev–Trinajstić information content (AvgIpc) is 2.06. The lowest BCUT2D eigenvalue weighted by atomic mass is 9.96. The first-order valence-electron chi connectivity index (χ1n) is 5.50. The molecule has 0 radical (unpaired) electrons. The van der Waals surface area contributed by atoms with Crippen molar-refractivity contribution in [3.8, 4) is 0 Å². The minimum Gasteiger partial charge on any atom is -0.399 e. The third-order valence-corrected chi connectivity index (χ3v) is 2.61. The number of hydrogen-bond acceptors (Lipinski definition) is 2. The third kappa shape index (κ3) is 4.42. The van der Waals surface area contributed by atoms with E-state index in [1.165, 1.54) is 0 Å². The second-order valence-electron chi connectivity index (χ2n) is 5.58. The van der Waals surface area contributed by atoms with Gasteiger partial charge in [-0.3, -0.25) is 0 Å². The van der Waals surface area contributed by atoms with Crippen molar-refractivity contribution in [2.24, 2.45) is 5.41 Å². The molecule has 0 spiro atoms. The summed E-state index contributed by atoms with van der Waals surface area (Å²) in [5.41, 5.74) is 7.81. The lowest BCUT2D eigenvalue weighted by molar-refractivity contribution is 0.221. The highest BCUT2D eigenvalue weighted by atomic mass is 35.5. The van der Waals surface area contributed by atoms with Gasteiger partial charge in [-0.1, -0.05) is 38.4 Å². The molecule has 16 heavy (non-hydrogen) atoms. The number of nitrogens with two attached hydrogens (primary N) is 1. The first-order chi connectivity index (χ1) is 7.28. The lowest BCUT2D eigenvalue weighted by Gasteiger charge is -2.26. The van der Waals surface area contributed by atoms with Crippen molar-refractivity contribution in [2.45, 2.75) is 27.3 Å². The Hall–Kier alpha value is -0.730. The Kier molecular flexibility index (Phi) is 4.22. The Balaban J connectivity index is 2.66. The van der Waals surface area contributed by atoms with Crippen molar-refractivity contribution in [3.05, 3.63) is 28.8 Å². The number of nitrogen functional groups attached to an aromatic ring is 1. The van der Waals surface area contributed by atoms with Crippen molar-refractivity contribution >= 4 is 17.3 Å². The van der Waals surface area contributed by atoms with Crippen molar-refractivity contribution in [2.75, 3.05) is 19.3 Å². The molecule has 0 saturated heterocycles. The minimum atomic E-state index is 0.301. The predicted molar refractivity (Wildman–Crippen MR) is 71.7 cm³/mol. The summed E-state index contributed by atoms with van der Waals surface area (Å²) < 4.78 is 0. The minimum absolute atomic E-state index is 0.301. The molecular formula is C13H21ClN2. The number of rotatable bonds is 3. The first kappa shape index (κ1) is 13.3. The highest BCUT2D eigenvalue weighted by Crippen LogP contribution is 2.22. The maximum Gasteiger partial charge on any atom is 0.0471 e. The van der Waals surface area contributed by atoms with E-state index < -0.39 is 0 Å². The largest absolute Gasteiger partial charge is 0.399 e. The van der Waals surface area contributed by atoms with Crippen LogP contribution in [-0.2, 0) is 6.54 Å². The van der Waals surface area contributed by atoms with Gasteiger partial charge in [0.2, 0.25) is 0 Å². The van der Waals surface area contributed by atoms with Crippen molar-refractivity contribution in [1.29, 1.82) is 0 Å². The summed E-state index contributed by atoms with van der Waals surface area (Å²) in [6.45, 7) is 8.58. The molecule has 0 amide bonds. The molecule has 0 bridgehead atoms. The van der Waals surface area contributed by atoms with E-state index in [2.05, 4.69) is 32.7 Å². The maximum absolute atomic E-state index is 6.14. The number of hydrogen-bond donors (Lipinski definition) is 1. The van der Waals surface area contributed by atoms with E-state index in [1.807, 2.05) is 18.2 Å². The number of anilines is 1. The molecule has 2 nitrogen and oxygen atoms in total. The van der Waals surface area contributed by atoms with Gasteiger partial charge in [-0.05, 0) is 30.2 Å². The van der Waals surface area contributed by atoms with Crippen LogP contribution in [0.5, 0.6) is 0 Å². The van der Waals surface area contributed by atoms with Crippen molar-refractivity contribution in [3.63, 3.8) is 0 Å². The van der Waals surface area contributed by atoms with Crippen LogP contribution < -0.4 is 5.73 Å². The summed E-state index contributed by atoms with van der Waals surface area (Å²) >= 11 is 6.14. The summed E-state index contributed by atoms with van der Waals surface area (Å²) in [5, 5.41) is 0.751. The van der Waals surface area contributed by atoms with Gasteiger partial charge < -0.3 is 10.6 Å². The van der Waals surface area contributed by atoms with Crippen LogP contribution in [0.15, 0.2) is 18.2 Å². The zero-order valence-corrected chi connectivity index (χ0v) is 11.3. The standard InChI is InChI=1S/C13H21ClN2/c1-13(2,3)9-16(4)8-10-5-6-11(15)7-12(10)14/h5-7H,8-9,15H2,1-4H3. The Morgan fingerprint density at radius 3 is 2.44 bits per heavy atom. The zero-order valence-electron chi connectivity index (χ0n) is 10.5. The van der Waals surface area contributed by atoms with Crippen LogP contribution in [0.2, 0.25) is 5.02 Å². The van der Waals surface area contributed by atoms with Crippen LogP contribution >= 0.6 is 11.6 Å². The van der Waals surface area contributed by atoms with Gasteiger partial charge in [0, 0.05) is 23.8 Å². The molecule has 90 valence electrons. The molecule has 1 aromatic carbocycles. The van der Waals surface area contributed by atoms with Crippen LogP contribution in [0.1, 0.15) is 26.3 Å². The van der Waals surface area contributed by atoms with E-state index in [1.54, 1.807) is 0 Å². The van der Waals surface area contributed by atoms with Gasteiger partial charge in [-0.25, -0.2) is 0 Å². The van der Waals surface area contributed by atoms with Crippen LogP contribution in [-0.4, -0.2) is 18.5 Å². The normalized spacial score (nSPS) is 12.1. The van der Waals surface area contributed by atoms with Gasteiger partial charge in [-0.2, -0.15) is 0 Å². The molecule has 2 N–H and O–H groups in total. The van der Waals surface area contributed by atoms with Gasteiger partial charge in [-0.15, -0.1) is 0 Å². The number of benzene rings is 1. The van der Waals surface area contributed by atoms with Crippen LogP contribution in [0.25, 0.3) is 0 Å². The molecule has 0 fully saturated rings. The molecule has 0 aliphatic heterocycles. The highest BCUT2D eigenvalue weighted by molar-refractivity contribution is 6.31. The summed E-state index contributed by atoms with van der Waals surface area (Å²) in [6, 6.07) is 5.70. The van der Waals surface area contributed by atoms with Gasteiger partial charge >= 0.3 is 0 Å². The fourth-order valence-electron chi connectivity index (χ4n) is 1.85. The topological polar surface area (TPSA) is 29.3 Å². The number of nitrogens with zero attached hydrogens (tertiary/aromatic N) is 1. The van der Waals surface area contributed by atoms with E-state index in [9.17, 15) is 0 Å². The van der Waals surface area contributed by atoms with E-state index in [-0.39, 0.29) is 0 Å². The highest BCUT2D eigenvalue weighted by Gasteiger charge is 2.14. The Morgan fingerprint density at radius 2 is 1.94 bits per heavy atom. The van der Waals surface area contributed by atoms with Gasteiger partial charge in [0.1, 0.15) is 0 Å². The van der Waals surface area contributed by atoms with E-state index >= 15 is 0 Å². The fourth-order valence-corrected chi connectivity index (χ4v) is 2.10. The molecule has 0 saturated carbocycles. The first-order valence-corrected chi connectivity index (χ1v) is 5.88. The summed E-state index contributed by atoms with van der Waals surface area (Å²) in [5.74, 6) is 0. The van der Waals surface area contributed by atoms with E-state index in [0.29, 0.717) is 11.1 Å². The molecule has 0 atom stereocenters. The molecule has 0 aliphatic carbocycles. The Bertz CT molecular complexity index is 355. The lowest BCUT2D eigenvalue weighted by Crippen LogP contribution is -2.28. The molecular weight excluding hydrogens is 220 g/mol. The summed E-state index contributed by atoms with van der Waals surface area (Å²) in [7, 11) is 2.11. The second-order valence-corrected chi connectivity index (χ2v) is 5.99. The molecule has 0 unspecified atom stereocenters. The SMILES string of the molecule is CN(Cc1ccc(N)cc1Cl)CC(C)(C)C. The predicted octanol–water partition coefficient (Wildman–Crippen LogP) is 3.40. The molecule has 3 heteroatoms. The van der Waals surface area contributed by atoms with Gasteiger partial charge in [0.25, 0.3) is 0 Å². The molecule has 0 aliphatic rings. The summed E-state index contributed by atoms with van der Waals surface area (Å²) in [4.78, 5) is 2.28. The Morgan fingerprint density at radius 1 is 1.31 bits per heavy atom. The van der Waals surface area contributed by atoms with Crippen LogP contribution in [0.4, 0.5) is 5.69 Å². The second kappa shape index (κ2) is 5.07. The number of halogens is 1. The molecule has 0 aromatic heterocycles. The van der Waals surface area contributed by atoms with Crippen LogP contribution in [0.3, 0.4) is 0 Å². The van der Waals surface area contributed by atoms with Crippen molar-refractivity contribution in [1.82, 2.24) is 4.90 Å². The van der Waals surface area contributed by atoms with Crippen molar-refractivity contribution < 1.29 is 0 Å². The third-order valence-electron chi connectivity index (χ3n) is 2.26. The smallest absolute Gasteiger partial charge is 0.0471 e. The quantitative estimate of drug-likeness (QED) is 0.821. The molecule has 1 rings (SSSR count). The van der Waals surface area contributed by atoms with Gasteiger partial charge in [0.05, 0.1) is 0 Å². The molecule has 1 aromatic rings. The van der Waals surface area contributed by atoms with Crippen LogP contribution in [0, 0.1) is 5.41 Å². The zero-order chi connectivity index (χ0) is 12.3. The Labute approximate surface area is 103 Å². The molecule has 0 heterocycles. The van der Waals surface area contributed by atoms with E-state index in [0.717, 1.165) is 23.7 Å². The summed E-state index contributed by atoms with van der Waals surface area (Å²) in [6.07, 6.45) is 0. The average molecular weight is 241 g/mol. The fraction of sp³-hybridized carbons (Fsp3) is 0.538. The maximum atomic E-state index is 6.14. The monoisotopic (exact) mass is 240 g/mol. The van der Waals surface area contributed by atoms with E-state index in [4.69, 9.17) is 17.3 Å².